The quantitative estimate of drug-likeness (QED) is 0.531. The largest absolute Gasteiger partial charge is 0.394 e. The minimum absolute atomic E-state index is 0.368. The van der Waals surface area contributed by atoms with Gasteiger partial charge in [0, 0.05) is 12.7 Å². The Morgan fingerprint density at radius 3 is 2.62 bits per heavy atom. The van der Waals surface area contributed by atoms with Crippen LogP contribution in [0.5, 0.6) is 0 Å². The Balaban J connectivity index is 1.61. The molecule has 8 heteroatoms. The standard InChI is InChI=1S/C18H20N4O4/c23-9-13-15(24)16(25)18(26-13)22-10-21-14-12(22)6-7-19-17(14)20-8-11-4-2-1-3-5-11/h1-7,10,13,15-16,18,23-25H,8-9H2,(H,19,20)/t13-,15-,16?,18+/m1/s1. The molecular formula is C18H20N4O4. The van der Waals surface area contributed by atoms with E-state index in [0.29, 0.717) is 23.4 Å². The molecule has 3 heterocycles. The maximum atomic E-state index is 10.2. The Morgan fingerprint density at radius 2 is 1.88 bits per heavy atom. The Kier molecular flexibility index (Phi) is 4.56. The van der Waals surface area contributed by atoms with E-state index in [-0.39, 0.29) is 6.61 Å². The maximum Gasteiger partial charge on any atom is 0.164 e. The van der Waals surface area contributed by atoms with Crippen LogP contribution in [0.15, 0.2) is 48.9 Å². The molecule has 8 nitrogen and oxygen atoms in total. The van der Waals surface area contributed by atoms with Crippen LogP contribution >= 0.6 is 0 Å². The molecule has 136 valence electrons. The molecule has 1 aliphatic heterocycles. The topological polar surface area (TPSA) is 113 Å². The Hall–Kier alpha value is -2.52. The van der Waals surface area contributed by atoms with E-state index in [0.717, 1.165) is 5.56 Å². The summed E-state index contributed by atoms with van der Waals surface area (Å²) in [6.45, 7) is 0.237. The highest BCUT2D eigenvalue weighted by Gasteiger charge is 2.43. The molecule has 2 aromatic heterocycles. The molecule has 0 spiro atoms. The monoisotopic (exact) mass is 356 g/mol. The van der Waals surface area contributed by atoms with E-state index in [1.165, 1.54) is 0 Å². The summed E-state index contributed by atoms with van der Waals surface area (Å²) in [7, 11) is 0. The number of hydrogen-bond donors (Lipinski definition) is 4. The molecule has 0 bridgehead atoms. The van der Waals surface area contributed by atoms with Crippen molar-refractivity contribution in [1.82, 2.24) is 14.5 Å². The van der Waals surface area contributed by atoms with E-state index in [4.69, 9.17) is 4.74 Å². The summed E-state index contributed by atoms with van der Waals surface area (Å²) in [6, 6.07) is 11.7. The van der Waals surface area contributed by atoms with E-state index in [9.17, 15) is 15.3 Å². The number of aromatic nitrogens is 3. The van der Waals surface area contributed by atoms with Crippen molar-refractivity contribution >= 4 is 16.9 Å². The van der Waals surface area contributed by atoms with E-state index in [1.54, 1.807) is 23.2 Å². The van der Waals surface area contributed by atoms with Gasteiger partial charge in [-0.05, 0) is 11.6 Å². The number of aliphatic hydroxyl groups excluding tert-OH is 3. The molecule has 0 saturated carbocycles. The lowest BCUT2D eigenvalue weighted by molar-refractivity contribution is -0.0508. The fraction of sp³-hybridized carbons (Fsp3) is 0.333. The van der Waals surface area contributed by atoms with Gasteiger partial charge in [-0.1, -0.05) is 30.3 Å². The Morgan fingerprint density at radius 1 is 1.08 bits per heavy atom. The first kappa shape index (κ1) is 16.9. The van der Waals surface area contributed by atoms with E-state index >= 15 is 0 Å². The highest BCUT2D eigenvalue weighted by atomic mass is 16.6. The fourth-order valence-corrected chi connectivity index (χ4v) is 3.19. The van der Waals surface area contributed by atoms with E-state index in [1.807, 2.05) is 30.3 Å². The molecule has 4 N–H and O–H groups in total. The third-order valence-electron chi connectivity index (χ3n) is 4.59. The van der Waals surface area contributed by atoms with Gasteiger partial charge in [0.05, 0.1) is 18.5 Å². The Labute approximate surface area is 149 Å². The van der Waals surface area contributed by atoms with Gasteiger partial charge in [0.2, 0.25) is 0 Å². The van der Waals surface area contributed by atoms with Crippen LogP contribution in [-0.4, -0.2) is 54.8 Å². The van der Waals surface area contributed by atoms with Gasteiger partial charge in [0.1, 0.15) is 23.8 Å². The van der Waals surface area contributed by atoms with Gasteiger partial charge in [0.15, 0.2) is 12.0 Å². The first-order chi connectivity index (χ1) is 12.7. The van der Waals surface area contributed by atoms with Crippen molar-refractivity contribution in [2.45, 2.75) is 31.1 Å². The molecular weight excluding hydrogens is 336 g/mol. The predicted molar refractivity (Wildman–Crippen MR) is 94.3 cm³/mol. The highest BCUT2D eigenvalue weighted by Crippen LogP contribution is 2.32. The lowest BCUT2D eigenvalue weighted by Gasteiger charge is -2.17. The van der Waals surface area contributed by atoms with Crippen LogP contribution in [0.25, 0.3) is 11.0 Å². The van der Waals surface area contributed by atoms with Crippen molar-refractivity contribution in [3.8, 4) is 0 Å². The van der Waals surface area contributed by atoms with Crippen molar-refractivity contribution in [3.05, 3.63) is 54.5 Å². The second-order valence-electron chi connectivity index (χ2n) is 6.25. The van der Waals surface area contributed by atoms with Crippen LogP contribution in [0, 0.1) is 0 Å². The number of rotatable bonds is 5. The maximum absolute atomic E-state index is 10.2. The Bertz CT molecular complexity index is 885. The number of anilines is 1. The number of imidazole rings is 1. The summed E-state index contributed by atoms with van der Waals surface area (Å²) >= 11 is 0. The van der Waals surface area contributed by atoms with Gasteiger partial charge in [0.25, 0.3) is 0 Å². The summed E-state index contributed by atoms with van der Waals surface area (Å²) in [5.41, 5.74) is 2.47. The average Bonchev–Trinajstić information content (AvgIpc) is 3.23. The molecule has 4 atom stereocenters. The molecule has 1 aliphatic rings. The van der Waals surface area contributed by atoms with E-state index in [2.05, 4.69) is 15.3 Å². The molecule has 1 saturated heterocycles. The number of nitrogens with zero attached hydrogens (tertiary/aromatic N) is 3. The average molecular weight is 356 g/mol. The van der Waals surface area contributed by atoms with Crippen molar-refractivity contribution in [2.75, 3.05) is 11.9 Å². The van der Waals surface area contributed by atoms with Crippen LogP contribution < -0.4 is 5.32 Å². The molecule has 3 aromatic rings. The second kappa shape index (κ2) is 7.00. The minimum atomic E-state index is -1.15. The van der Waals surface area contributed by atoms with E-state index < -0.39 is 24.5 Å². The van der Waals surface area contributed by atoms with Gasteiger partial charge in [-0.3, -0.25) is 0 Å². The summed E-state index contributed by atoms with van der Waals surface area (Å²) in [4.78, 5) is 8.74. The molecule has 0 radical (unpaired) electrons. The minimum Gasteiger partial charge on any atom is -0.394 e. The smallest absolute Gasteiger partial charge is 0.164 e. The number of pyridine rings is 1. The highest BCUT2D eigenvalue weighted by molar-refractivity contribution is 5.85. The van der Waals surface area contributed by atoms with Crippen LogP contribution in [0.2, 0.25) is 0 Å². The lowest BCUT2D eigenvalue weighted by atomic mass is 10.1. The number of benzene rings is 1. The summed E-state index contributed by atoms with van der Waals surface area (Å²) in [5.74, 6) is 0.622. The summed E-state index contributed by atoms with van der Waals surface area (Å²) in [6.07, 6.45) is -0.768. The van der Waals surface area contributed by atoms with Gasteiger partial charge >= 0.3 is 0 Å². The summed E-state index contributed by atoms with van der Waals surface area (Å²) in [5, 5.41) is 32.7. The van der Waals surface area contributed by atoms with Gasteiger partial charge < -0.3 is 29.9 Å². The molecule has 4 rings (SSSR count). The molecule has 26 heavy (non-hydrogen) atoms. The van der Waals surface area contributed by atoms with Crippen molar-refractivity contribution < 1.29 is 20.1 Å². The lowest BCUT2D eigenvalue weighted by Crippen LogP contribution is -2.33. The van der Waals surface area contributed by atoms with Gasteiger partial charge in [-0.2, -0.15) is 0 Å². The van der Waals surface area contributed by atoms with Crippen LogP contribution in [0.1, 0.15) is 11.8 Å². The molecule has 1 unspecified atom stereocenters. The molecule has 1 aromatic carbocycles. The van der Waals surface area contributed by atoms with Crippen molar-refractivity contribution in [2.24, 2.45) is 0 Å². The van der Waals surface area contributed by atoms with Crippen molar-refractivity contribution in [1.29, 1.82) is 0 Å². The van der Waals surface area contributed by atoms with Crippen LogP contribution in [0.3, 0.4) is 0 Å². The number of ether oxygens (including phenoxy) is 1. The summed E-state index contributed by atoms with van der Waals surface area (Å²) < 4.78 is 7.24. The number of hydrogen-bond acceptors (Lipinski definition) is 7. The third-order valence-corrected chi connectivity index (χ3v) is 4.59. The van der Waals surface area contributed by atoms with Crippen LogP contribution in [-0.2, 0) is 11.3 Å². The predicted octanol–water partition coefficient (Wildman–Crippen LogP) is 0.655. The number of aliphatic hydroxyl groups is 3. The first-order valence-corrected chi connectivity index (χ1v) is 8.41. The second-order valence-corrected chi connectivity index (χ2v) is 6.25. The first-order valence-electron chi connectivity index (χ1n) is 8.41. The van der Waals surface area contributed by atoms with Gasteiger partial charge in [-0.15, -0.1) is 0 Å². The van der Waals surface area contributed by atoms with Gasteiger partial charge in [-0.25, -0.2) is 9.97 Å². The zero-order valence-corrected chi connectivity index (χ0v) is 13.9. The molecule has 0 aliphatic carbocycles. The van der Waals surface area contributed by atoms with Crippen LogP contribution in [0.4, 0.5) is 5.82 Å². The zero-order valence-electron chi connectivity index (χ0n) is 13.9. The van der Waals surface area contributed by atoms with Crippen molar-refractivity contribution in [3.63, 3.8) is 0 Å². The normalized spacial score (nSPS) is 25.7. The molecule has 0 amide bonds. The fourth-order valence-electron chi connectivity index (χ4n) is 3.19. The number of nitrogens with one attached hydrogen (secondary N) is 1. The number of fused-ring (bicyclic) bond motifs is 1. The molecule has 1 fully saturated rings. The third kappa shape index (κ3) is 2.93. The SMILES string of the molecule is OC[C@H]1O[C@H](n2cnc3c(NCc4ccccc4)nccc32)C(O)[C@@H]1O. The zero-order chi connectivity index (χ0) is 18.1.